The van der Waals surface area contributed by atoms with Crippen LogP contribution in [-0.2, 0) is 14.9 Å². The van der Waals surface area contributed by atoms with Crippen molar-refractivity contribution >= 4 is 10.1 Å². The molecule has 1 saturated heterocycles. The quantitative estimate of drug-likeness (QED) is 0.634. The summed E-state index contributed by atoms with van der Waals surface area (Å²) in [5.41, 5.74) is 0.0515. The average molecular weight is 320 g/mol. The van der Waals surface area contributed by atoms with E-state index in [0.717, 1.165) is 31.3 Å². The summed E-state index contributed by atoms with van der Waals surface area (Å²) in [7, 11) is -3.73. The summed E-state index contributed by atoms with van der Waals surface area (Å²) >= 11 is 0. The normalized spacial score (nSPS) is 36.8. The van der Waals surface area contributed by atoms with Gasteiger partial charge in [0.2, 0.25) is 0 Å². The molecule has 1 aromatic rings. The smallest absolute Gasteiger partial charge is 0.315 e. The van der Waals surface area contributed by atoms with Crippen LogP contribution in [0.3, 0.4) is 0 Å². The molecule has 2 bridgehead atoms. The lowest BCUT2D eigenvalue weighted by atomic mass is 9.74. The van der Waals surface area contributed by atoms with Crippen LogP contribution in [0.1, 0.15) is 39.0 Å². The van der Waals surface area contributed by atoms with Crippen LogP contribution < -0.4 is 4.18 Å². The molecular weight excluding hydrogens is 300 g/mol. The third kappa shape index (κ3) is 2.02. The van der Waals surface area contributed by atoms with E-state index < -0.39 is 26.6 Å². The summed E-state index contributed by atoms with van der Waals surface area (Å²) in [6.07, 6.45) is 6.46. The fraction of sp³-hybridized carbons (Fsp3) is 0.529. The lowest BCUT2D eigenvalue weighted by molar-refractivity contribution is -0.0368. The highest BCUT2D eigenvalue weighted by Gasteiger charge is 2.65. The van der Waals surface area contributed by atoms with Crippen molar-refractivity contribution in [2.45, 2.75) is 55.5 Å². The van der Waals surface area contributed by atoms with Gasteiger partial charge in [-0.25, -0.2) is 0 Å². The number of hydrogen-bond acceptors (Lipinski definition) is 4. The molecule has 2 fully saturated rings. The Kier molecular flexibility index (Phi) is 2.97. The Morgan fingerprint density at radius 1 is 1.23 bits per heavy atom. The van der Waals surface area contributed by atoms with Crippen LogP contribution in [-0.4, -0.2) is 24.9 Å². The summed E-state index contributed by atoms with van der Waals surface area (Å²) in [6, 6.07) is 8.72. The van der Waals surface area contributed by atoms with Gasteiger partial charge in [0.15, 0.2) is 0 Å². The molecule has 22 heavy (non-hydrogen) atoms. The molecule has 2 heterocycles. The van der Waals surface area contributed by atoms with E-state index in [4.69, 9.17) is 8.92 Å². The van der Waals surface area contributed by atoms with E-state index in [2.05, 4.69) is 6.08 Å². The van der Waals surface area contributed by atoms with E-state index >= 15 is 0 Å². The monoisotopic (exact) mass is 320 g/mol. The van der Waals surface area contributed by atoms with Gasteiger partial charge in [0.1, 0.15) is 16.6 Å². The average Bonchev–Trinajstić information content (AvgIpc) is 2.94. The fourth-order valence-electron chi connectivity index (χ4n) is 4.27. The zero-order valence-corrected chi connectivity index (χ0v) is 13.4. The summed E-state index contributed by atoms with van der Waals surface area (Å²) < 4.78 is 37.3. The Bertz CT molecular complexity index is 724. The van der Waals surface area contributed by atoms with Crippen LogP contribution in [0.4, 0.5) is 0 Å². The number of benzene rings is 1. The van der Waals surface area contributed by atoms with Crippen molar-refractivity contribution < 1.29 is 17.3 Å². The highest BCUT2D eigenvalue weighted by atomic mass is 32.2. The second kappa shape index (κ2) is 4.59. The van der Waals surface area contributed by atoms with Crippen molar-refractivity contribution in [3.05, 3.63) is 42.0 Å². The maximum absolute atomic E-state index is 12.9. The second-order valence-electron chi connectivity index (χ2n) is 6.76. The van der Waals surface area contributed by atoms with Gasteiger partial charge in [-0.3, -0.25) is 0 Å². The van der Waals surface area contributed by atoms with Crippen molar-refractivity contribution in [1.29, 1.82) is 0 Å². The van der Waals surface area contributed by atoms with Gasteiger partial charge in [-0.1, -0.05) is 24.3 Å². The molecular formula is C17H20O4S. The molecule has 1 spiro atoms. The molecule has 1 saturated carbocycles. The molecule has 0 N–H and O–H groups in total. The molecule has 1 aromatic carbocycles. The first-order chi connectivity index (χ1) is 10.4. The number of para-hydroxylation sites is 1. The minimum Gasteiger partial charge on any atom is -0.382 e. The molecule has 4 nitrogen and oxygen atoms in total. The molecule has 0 radical (unpaired) electrons. The van der Waals surface area contributed by atoms with Gasteiger partial charge < -0.3 is 8.92 Å². The summed E-state index contributed by atoms with van der Waals surface area (Å²) in [5.74, 6) is 0.369. The fourth-order valence-corrected chi connectivity index (χ4v) is 6.08. The van der Waals surface area contributed by atoms with Gasteiger partial charge in [-0.2, -0.15) is 8.42 Å². The van der Waals surface area contributed by atoms with E-state index in [0.29, 0.717) is 12.2 Å². The number of hydrogen-bond donors (Lipinski definition) is 0. The Morgan fingerprint density at radius 3 is 2.77 bits per heavy atom. The highest BCUT2D eigenvalue weighted by molar-refractivity contribution is 7.87. The molecule has 1 aliphatic carbocycles. The van der Waals surface area contributed by atoms with E-state index in [-0.39, 0.29) is 0 Å². The van der Waals surface area contributed by atoms with Crippen molar-refractivity contribution in [3.63, 3.8) is 0 Å². The first-order valence-corrected chi connectivity index (χ1v) is 9.32. The number of ether oxygens (including phenoxy) is 1. The van der Waals surface area contributed by atoms with Crippen molar-refractivity contribution in [2.75, 3.05) is 0 Å². The van der Waals surface area contributed by atoms with Gasteiger partial charge in [0, 0.05) is 6.42 Å². The van der Waals surface area contributed by atoms with Crippen LogP contribution in [0.15, 0.2) is 42.0 Å². The van der Waals surface area contributed by atoms with Crippen molar-refractivity contribution in [1.82, 2.24) is 0 Å². The SMILES string of the molecule is C[C@]12C=C3CCCC[C@@]3(O1)[C@@H](S(=O)(=O)Oc1ccccc1)C2. The summed E-state index contributed by atoms with van der Waals surface area (Å²) in [4.78, 5) is 0. The van der Waals surface area contributed by atoms with Crippen LogP contribution in [0.2, 0.25) is 0 Å². The second-order valence-corrected chi connectivity index (χ2v) is 8.48. The zero-order chi connectivity index (χ0) is 15.4. The third-order valence-corrected chi connectivity index (χ3v) is 6.77. The zero-order valence-electron chi connectivity index (χ0n) is 12.6. The molecule has 0 unspecified atom stereocenters. The molecule has 2 aliphatic heterocycles. The van der Waals surface area contributed by atoms with Crippen molar-refractivity contribution in [3.8, 4) is 5.75 Å². The third-order valence-electron chi connectivity index (χ3n) is 5.10. The largest absolute Gasteiger partial charge is 0.382 e. The molecule has 0 aromatic heterocycles. The van der Waals surface area contributed by atoms with E-state index in [1.54, 1.807) is 24.3 Å². The molecule has 0 amide bonds. The lowest BCUT2D eigenvalue weighted by Gasteiger charge is -2.37. The molecule has 3 aliphatic rings. The van der Waals surface area contributed by atoms with Gasteiger partial charge in [-0.05, 0) is 50.3 Å². The van der Waals surface area contributed by atoms with E-state index in [1.165, 1.54) is 0 Å². The van der Waals surface area contributed by atoms with Crippen LogP contribution >= 0.6 is 0 Å². The summed E-state index contributed by atoms with van der Waals surface area (Å²) in [5, 5.41) is -0.606. The Labute approximate surface area is 131 Å². The first-order valence-electron chi connectivity index (χ1n) is 7.84. The Balaban J connectivity index is 1.70. The van der Waals surface area contributed by atoms with Gasteiger partial charge in [0.25, 0.3) is 0 Å². The highest BCUT2D eigenvalue weighted by Crippen LogP contribution is 2.57. The summed E-state index contributed by atoms with van der Waals surface area (Å²) in [6.45, 7) is 1.98. The van der Waals surface area contributed by atoms with Crippen LogP contribution in [0.5, 0.6) is 5.75 Å². The lowest BCUT2D eigenvalue weighted by Crippen LogP contribution is -2.48. The topological polar surface area (TPSA) is 52.6 Å². The molecule has 118 valence electrons. The Morgan fingerprint density at radius 2 is 2.00 bits per heavy atom. The van der Waals surface area contributed by atoms with Gasteiger partial charge >= 0.3 is 10.1 Å². The van der Waals surface area contributed by atoms with Gasteiger partial charge in [0.05, 0.1) is 5.60 Å². The van der Waals surface area contributed by atoms with E-state index in [1.807, 2.05) is 13.0 Å². The van der Waals surface area contributed by atoms with Crippen LogP contribution in [0.25, 0.3) is 0 Å². The molecule has 3 atom stereocenters. The number of fused-ring (bicyclic) bond motifs is 1. The maximum atomic E-state index is 12.9. The van der Waals surface area contributed by atoms with Crippen LogP contribution in [0, 0.1) is 0 Å². The molecule has 4 rings (SSSR count). The minimum absolute atomic E-state index is 0.369. The standard InChI is InChI=1S/C17H20O4S/c1-16-11-13-7-5-6-10-17(13,21-16)15(12-16)22(18,19)20-14-8-3-2-4-9-14/h2-4,8-9,11,15H,5-7,10,12H2,1H3/t15-,16+,17-/m0/s1. The molecule has 5 heteroatoms. The predicted molar refractivity (Wildman–Crippen MR) is 83.2 cm³/mol. The number of rotatable bonds is 3. The van der Waals surface area contributed by atoms with Crippen molar-refractivity contribution in [2.24, 2.45) is 0 Å². The Hall–Kier alpha value is -1.33. The first kappa shape index (κ1) is 14.3. The maximum Gasteiger partial charge on any atom is 0.315 e. The predicted octanol–water partition coefficient (Wildman–Crippen LogP) is 3.20. The van der Waals surface area contributed by atoms with E-state index in [9.17, 15) is 8.42 Å². The minimum atomic E-state index is -3.73. The van der Waals surface area contributed by atoms with Gasteiger partial charge in [-0.15, -0.1) is 0 Å².